The monoisotopic (exact) mass is 361 g/mol. The highest BCUT2D eigenvalue weighted by molar-refractivity contribution is 5.74. The van der Waals surface area contributed by atoms with Crippen molar-refractivity contribution in [3.63, 3.8) is 0 Å². The number of H-pyrrole nitrogens is 2. The minimum absolute atomic E-state index is 0.00192. The molecule has 2 atom stereocenters. The van der Waals surface area contributed by atoms with Gasteiger partial charge in [-0.2, -0.15) is 0 Å². The Morgan fingerprint density at radius 1 is 1.31 bits per heavy atom. The van der Waals surface area contributed by atoms with Crippen LogP contribution in [0.25, 0.3) is 0 Å². The molecule has 0 unspecified atom stereocenters. The van der Waals surface area contributed by atoms with Crippen molar-refractivity contribution >= 4 is 11.7 Å². The number of rotatable bonds is 4. The fourth-order valence-corrected chi connectivity index (χ4v) is 2.86. The molecule has 1 aromatic carbocycles. The third-order valence-electron chi connectivity index (χ3n) is 4.06. The van der Waals surface area contributed by atoms with Gasteiger partial charge in [0.2, 0.25) is 5.88 Å². The van der Waals surface area contributed by atoms with Crippen LogP contribution in [0.15, 0.2) is 33.9 Å². The van der Waals surface area contributed by atoms with Crippen LogP contribution in [0, 0.1) is 16.0 Å². The number of aromatic amines is 2. The van der Waals surface area contributed by atoms with Crippen molar-refractivity contribution in [2.75, 3.05) is 6.61 Å². The molecule has 0 amide bonds. The Bertz CT molecular complexity index is 961. The molecule has 136 valence electrons. The Morgan fingerprint density at radius 2 is 2.00 bits per heavy atom. The number of fused-ring (bicyclic) bond motifs is 1. The van der Waals surface area contributed by atoms with Gasteiger partial charge in [-0.3, -0.25) is 29.7 Å². The van der Waals surface area contributed by atoms with Gasteiger partial charge in [0.1, 0.15) is 12.0 Å². The van der Waals surface area contributed by atoms with Gasteiger partial charge in [0.05, 0.1) is 17.1 Å². The van der Waals surface area contributed by atoms with E-state index in [-0.39, 0.29) is 30.2 Å². The first kappa shape index (κ1) is 17.4. The highest BCUT2D eigenvalue weighted by atomic mass is 16.6. The molecule has 0 bridgehead atoms. The maximum atomic E-state index is 12.4. The molecule has 0 aliphatic carbocycles. The second-order valence-electron chi connectivity index (χ2n) is 5.67. The standard InChI is InChI=1S/C16H15N3O7/c1-2-25-15(21)10-7-11-13(20)17-16(22)18-14(11)26-12(10)8-3-5-9(6-4-8)19(23)24/h3-6,10,12H,2,7H2,1H3,(H2,17,18,20,22)/t10-,12+/m0/s1. The van der Waals surface area contributed by atoms with E-state index in [0.717, 1.165) is 0 Å². The van der Waals surface area contributed by atoms with Gasteiger partial charge in [-0.1, -0.05) is 0 Å². The lowest BCUT2D eigenvalue weighted by atomic mass is 9.88. The smallest absolute Gasteiger partial charge is 0.328 e. The second kappa shape index (κ2) is 6.82. The number of benzene rings is 1. The third-order valence-corrected chi connectivity index (χ3v) is 4.06. The zero-order valence-corrected chi connectivity index (χ0v) is 13.7. The summed E-state index contributed by atoms with van der Waals surface area (Å²) < 4.78 is 10.8. The zero-order valence-electron chi connectivity index (χ0n) is 13.7. The summed E-state index contributed by atoms with van der Waals surface area (Å²) in [4.78, 5) is 50.6. The summed E-state index contributed by atoms with van der Waals surface area (Å²) in [5.41, 5.74) is -0.852. The Labute approximate surface area is 145 Å². The molecule has 1 aliphatic rings. The van der Waals surface area contributed by atoms with E-state index in [1.54, 1.807) is 6.92 Å². The van der Waals surface area contributed by atoms with Gasteiger partial charge in [-0.05, 0) is 24.6 Å². The van der Waals surface area contributed by atoms with Crippen molar-refractivity contribution < 1.29 is 19.2 Å². The molecule has 1 aromatic heterocycles. The molecule has 10 nitrogen and oxygen atoms in total. The van der Waals surface area contributed by atoms with Crippen LogP contribution < -0.4 is 16.0 Å². The summed E-state index contributed by atoms with van der Waals surface area (Å²) in [7, 11) is 0. The average molecular weight is 361 g/mol. The summed E-state index contributed by atoms with van der Waals surface area (Å²) in [6, 6.07) is 5.50. The number of nitro groups is 1. The fourth-order valence-electron chi connectivity index (χ4n) is 2.86. The van der Waals surface area contributed by atoms with Crippen molar-refractivity contribution in [2.45, 2.75) is 19.4 Å². The first-order valence-corrected chi connectivity index (χ1v) is 7.83. The average Bonchev–Trinajstić information content (AvgIpc) is 2.61. The molecule has 26 heavy (non-hydrogen) atoms. The number of nitrogens with one attached hydrogen (secondary N) is 2. The van der Waals surface area contributed by atoms with Crippen molar-refractivity contribution in [3.05, 3.63) is 66.3 Å². The van der Waals surface area contributed by atoms with E-state index in [2.05, 4.69) is 9.97 Å². The quantitative estimate of drug-likeness (QED) is 0.466. The molecule has 10 heteroatoms. The van der Waals surface area contributed by atoms with E-state index >= 15 is 0 Å². The van der Waals surface area contributed by atoms with Crippen LogP contribution >= 0.6 is 0 Å². The van der Waals surface area contributed by atoms with E-state index in [1.165, 1.54) is 24.3 Å². The Hall–Kier alpha value is -3.43. The molecule has 0 radical (unpaired) electrons. The maximum absolute atomic E-state index is 12.4. The number of hydrogen-bond acceptors (Lipinski definition) is 7. The lowest BCUT2D eigenvalue weighted by Gasteiger charge is -2.31. The number of non-ortho nitro benzene ring substituents is 1. The molecule has 1 aliphatic heterocycles. The van der Waals surface area contributed by atoms with Gasteiger partial charge in [0.25, 0.3) is 11.2 Å². The highest BCUT2D eigenvalue weighted by Crippen LogP contribution is 2.37. The van der Waals surface area contributed by atoms with Gasteiger partial charge in [0, 0.05) is 18.6 Å². The van der Waals surface area contributed by atoms with Crippen LogP contribution in [-0.2, 0) is 16.0 Å². The molecular formula is C16H15N3O7. The predicted octanol–water partition coefficient (Wildman–Crippen LogP) is 0.827. The highest BCUT2D eigenvalue weighted by Gasteiger charge is 2.39. The molecule has 0 saturated heterocycles. The number of carbonyl (C=O) groups is 1. The minimum Gasteiger partial charge on any atom is -0.469 e. The molecule has 2 aromatic rings. The Balaban J connectivity index is 2.04. The maximum Gasteiger partial charge on any atom is 0.328 e. The number of nitro benzene ring substituents is 1. The Kier molecular flexibility index (Phi) is 4.57. The number of aromatic nitrogens is 2. The van der Waals surface area contributed by atoms with E-state index in [9.17, 15) is 24.5 Å². The SMILES string of the molecule is CCOC(=O)[C@H]1Cc2c([nH]c(=O)[nH]c2=O)O[C@@H]1c1ccc([N+](=O)[O-])cc1. The van der Waals surface area contributed by atoms with Crippen LogP contribution in [-0.4, -0.2) is 27.5 Å². The van der Waals surface area contributed by atoms with Gasteiger partial charge in [-0.15, -0.1) is 0 Å². The second-order valence-corrected chi connectivity index (χ2v) is 5.67. The number of carbonyl (C=O) groups excluding carboxylic acids is 1. The van der Waals surface area contributed by atoms with Crippen molar-refractivity contribution in [3.8, 4) is 5.88 Å². The lowest BCUT2D eigenvalue weighted by Crippen LogP contribution is -2.38. The van der Waals surface area contributed by atoms with Crippen LogP contribution in [0.5, 0.6) is 5.88 Å². The first-order valence-electron chi connectivity index (χ1n) is 7.83. The number of nitrogens with zero attached hydrogens (tertiary/aromatic N) is 1. The fraction of sp³-hybridized carbons (Fsp3) is 0.312. The summed E-state index contributed by atoms with van der Waals surface area (Å²) in [6.07, 6.45) is -0.859. The van der Waals surface area contributed by atoms with E-state index in [0.29, 0.717) is 5.56 Å². The van der Waals surface area contributed by atoms with E-state index in [1.807, 2.05) is 0 Å². The van der Waals surface area contributed by atoms with Crippen molar-refractivity contribution in [1.29, 1.82) is 0 Å². The molecular weight excluding hydrogens is 346 g/mol. The first-order chi connectivity index (χ1) is 12.4. The van der Waals surface area contributed by atoms with Gasteiger partial charge in [-0.25, -0.2) is 4.79 Å². The Morgan fingerprint density at radius 3 is 2.62 bits per heavy atom. The predicted molar refractivity (Wildman–Crippen MR) is 88.0 cm³/mol. The van der Waals surface area contributed by atoms with E-state index < -0.39 is 34.2 Å². The normalized spacial score (nSPS) is 18.5. The van der Waals surface area contributed by atoms with Gasteiger partial charge in [0.15, 0.2) is 0 Å². The van der Waals surface area contributed by atoms with Crippen molar-refractivity contribution in [2.24, 2.45) is 5.92 Å². The minimum atomic E-state index is -0.861. The molecule has 0 saturated carbocycles. The van der Waals surface area contributed by atoms with Crippen LogP contribution in [0.3, 0.4) is 0 Å². The van der Waals surface area contributed by atoms with Crippen molar-refractivity contribution in [1.82, 2.24) is 9.97 Å². The molecule has 0 spiro atoms. The van der Waals surface area contributed by atoms with Gasteiger partial charge < -0.3 is 9.47 Å². The van der Waals surface area contributed by atoms with Crippen LogP contribution in [0.4, 0.5) is 5.69 Å². The van der Waals surface area contributed by atoms with Gasteiger partial charge >= 0.3 is 11.7 Å². The van der Waals surface area contributed by atoms with Crippen LogP contribution in [0.2, 0.25) is 0 Å². The number of esters is 1. The number of hydrogen-bond donors (Lipinski definition) is 2. The van der Waals surface area contributed by atoms with E-state index in [4.69, 9.17) is 9.47 Å². The molecule has 2 heterocycles. The largest absolute Gasteiger partial charge is 0.469 e. The summed E-state index contributed by atoms with van der Waals surface area (Å²) >= 11 is 0. The number of ether oxygens (including phenoxy) is 2. The summed E-state index contributed by atoms with van der Waals surface area (Å²) in [5, 5.41) is 10.8. The summed E-state index contributed by atoms with van der Waals surface area (Å²) in [5.74, 6) is -1.43. The lowest BCUT2D eigenvalue weighted by molar-refractivity contribution is -0.384. The zero-order chi connectivity index (χ0) is 18.8. The summed E-state index contributed by atoms with van der Waals surface area (Å²) in [6.45, 7) is 1.80. The molecule has 3 rings (SSSR count). The molecule has 2 N–H and O–H groups in total. The topological polar surface area (TPSA) is 144 Å². The third kappa shape index (κ3) is 3.21. The molecule has 0 fully saturated rings. The van der Waals surface area contributed by atoms with Crippen LogP contribution in [0.1, 0.15) is 24.2 Å².